The van der Waals surface area contributed by atoms with Gasteiger partial charge in [-0.1, -0.05) is 36.4 Å². The van der Waals surface area contributed by atoms with Crippen LogP contribution in [0.3, 0.4) is 0 Å². The number of methoxy groups -OCH3 is 1. The lowest BCUT2D eigenvalue weighted by Gasteiger charge is -2.30. The van der Waals surface area contributed by atoms with Gasteiger partial charge in [-0.05, 0) is 91.6 Å². The number of carbonyl (C=O) groups excluding carboxylic acids is 2. The van der Waals surface area contributed by atoms with E-state index < -0.39 is 0 Å². The van der Waals surface area contributed by atoms with Crippen molar-refractivity contribution in [2.45, 2.75) is 20.3 Å². The molecule has 2 amide bonds. The molecule has 15 nitrogen and oxygen atoms in total. The minimum absolute atomic E-state index is 0. The fourth-order valence-corrected chi connectivity index (χ4v) is 9.19. The Balaban J connectivity index is 0.00000760. The molecule has 0 spiro atoms. The summed E-state index contributed by atoms with van der Waals surface area (Å²) in [7, 11) is 1.67. The van der Waals surface area contributed by atoms with Crippen molar-refractivity contribution in [1.29, 1.82) is 0 Å². The van der Waals surface area contributed by atoms with E-state index >= 15 is 0 Å². The van der Waals surface area contributed by atoms with Gasteiger partial charge in [0.25, 0.3) is 11.8 Å². The van der Waals surface area contributed by atoms with Gasteiger partial charge in [0.2, 0.25) is 0 Å². The molecule has 9 rings (SSSR count). The molecule has 0 aromatic heterocycles. The van der Waals surface area contributed by atoms with Gasteiger partial charge in [-0.25, -0.2) is 0 Å². The van der Waals surface area contributed by atoms with Crippen LogP contribution in [0.1, 0.15) is 38.8 Å². The lowest BCUT2D eigenvalue weighted by atomic mass is 9.93. The average molecular weight is 974 g/mol. The fourth-order valence-electron chi connectivity index (χ4n) is 9.19. The number of anilines is 4. The maximum absolute atomic E-state index is 13.4. The van der Waals surface area contributed by atoms with Crippen molar-refractivity contribution < 1.29 is 48.9 Å². The second-order valence-electron chi connectivity index (χ2n) is 17.8. The number of aryl methyl sites for hydroxylation is 2. The predicted octanol–water partition coefficient (Wildman–Crippen LogP) is 7.84. The first-order chi connectivity index (χ1) is 34.8. The molecule has 1 N–H and O–H groups in total. The van der Waals surface area contributed by atoms with E-state index in [4.69, 9.17) is 37.9 Å². The zero-order valence-corrected chi connectivity index (χ0v) is 41.6. The standard InChI is InChI=1S/C56H69N5O10.H2/c1-5-19-61-55(62)45-8-6-7-44-47(13-12-46(54(44)45)56(61)63)57-18-17-43-11-16-50(53(40-43)71-37-32-64-4)60-24-30-69-51-38-41(2)9-14-48(51)58-20-26-65-33-35-67-28-22-59(23-29-68-36-34-66-27-21-58)49-15-10-42(3)39-52(49)70-31-25-60;/h5-16,38-40,57H,1,17-37H2,2-4H3;1H. The van der Waals surface area contributed by atoms with E-state index in [1.54, 1.807) is 25.3 Å². The summed E-state index contributed by atoms with van der Waals surface area (Å²) in [4.78, 5) is 34.8. The third kappa shape index (κ3) is 13.1. The Morgan fingerprint density at radius 1 is 0.620 bits per heavy atom. The fraction of sp³-hybridized carbons (Fsp3) is 0.429. The summed E-state index contributed by atoms with van der Waals surface area (Å²) in [5.41, 5.74) is 7.99. The molecule has 0 unspecified atom stereocenters. The summed E-state index contributed by atoms with van der Waals surface area (Å²) in [6.07, 6.45) is 2.24. The Labute approximate surface area is 419 Å². The monoisotopic (exact) mass is 974 g/mol. The van der Waals surface area contributed by atoms with Crippen LogP contribution in [-0.4, -0.2) is 155 Å². The molecule has 4 aliphatic heterocycles. The summed E-state index contributed by atoms with van der Waals surface area (Å²) in [6.45, 7) is 17.9. The van der Waals surface area contributed by atoms with Crippen LogP contribution < -0.4 is 34.2 Å². The normalized spacial score (nSPS) is 16.9. The first-order valence-corrected chi connectivity index (χ1v) is 24.9. The van der Waals surface area contributed by atoms with Crippen molar-refractivity contribution in [1.82, 2.24) is 4.90 Å². The molecule has 4 heterocycles. The number of amides is 2. The van der Waals surface area contributed by atoms with Crippen LogP contribution in [0.25, 0.3) is 10.8 Å². The SMILES string of the molecule is C=CCN1C(=O)c2cccc3c(NCCc4ccc(N5CCOc6cc(C)ccc6N6CCOCCOCCN(CCOCCOCC6)c6ccc(C)cc6OCC5)c(OCCOC)c4)ccc(c23)C1=O.[HH]. The molecule has 2 bridgehead atoms. The number of rotatable bonds is 11. The third-order valence-electron chi connectivity index (χ3n) is 12.9. The molecule has 71 heavy (non-hydrogen) atoms. The zero-order valence-electron chi connectivity index (χ0n) is 41.6. The molecule has 5 aromatic rings. The number of ether oxygens (including phenoxy) is 8. The van der Waals surface area contributed by atoms with E-state index in [9.17, 15) is 9.59 Å². The van der Waals surface area contributed by atoms with E-state index in [-0.39, 0.29) is 19.8 Å². The van der Waals surface area contributed by atoms with Gasteiger partial charge in [0.1, 0.15) is 37.1 Å². The number of hydrogen-bond acceptors (Lipinski definition) is 14. The van der Waals surface area contributed by atoms with Crippen molar-refractivity contribution in [2.24, 2.45) is 0 Å². The molecule has 380 valence electrons. The molecule has 1 saturated heterocycles. The molecule has 0 saturated carbocycles. The lowest BCUT2D eigenvalue weighted by Crippen LogP contribution is -2.40. The van der Waals surface area contributed by atoms with Crippen molar-refractivity contribution in [3.63, 3.8) is 0 Å². The van der Waals surface area contributed by atoms with E-state index in [2.05, 4.69) is 95.0 Å². The van der Waals surface area contributed by atoms with Crippen molar-refractivity contribution in [3.8, 4) is 17.2 Å². The van der Waals surface area contributed by atoms with Crippen LogP contribution in [0.2, 0.25) is 0 Å². The van der Waals surface area contributed by atoms with Gasteiger partial charge in [0.05, 0.1) is 89.6 Å². The number of benzene rings is 5. The van der Waals surface area contributed by atoms with Gasteiger partial charge in [-0.15, -0.1) is 6.58 Å². The van der Waals surface area contributed by atoms with E-state index in [0.717, 1.165) is 62.1 Å². The Bertz CT molecular complexity index is 2480. The van der Waals surface area contributed by atoms with Gasteiger partial charge < -0.3 is 57.9 Å². The highest BCUT2D eigenvalue weighted by molar-refractivity contribution is 6.26. The topological polar surface area (TPSA) is 133 Å². The highest BCUT2D eigenvalue weighted by Crippen LogP contribution is 2.36. The second-order valence-corrected chi connectivity index (χ2v) is 17.8. The number of carbonyl (C=O) groups is 2. The molecule has 0 radical (unpaired) electrons. The van der Waals surface area contributed by atoms with Gasteiger partial charge >= 0.3 is 0 Å². The summed E-state index contributed by atoms with van der Waals surface area (Å²) < 4.78 is 49.9. The minimum Gasteiger partial charge on any atom is -0.490 e. The molecule has 0 atom stereocenters. The van der Waals surface area contributed by atoms with Crippen LogP contribution in [0.5, 0.6) is 17.2 Å². The van der Waals surface area contributed by atoms with Crippen LogP contribution in [0.15, 0.2) is 97.6 Å². The third-order valence-corrected chi connectivity index (χ3v) is 12.9. The quantitative estimate of drug-likeness (QED) is 0.0597. The van der Waals surface area contributed by atoms with Crippen LogP contribution >= 0.6 is 0 Å². The highest BCUT2D eigenvalue weighted by atomic mass is 16.5. The van der Waals surface area contributed by atoms with E-state index in [0.29, 0.717) is 148 Å². The van der Waals surface area contributed by atoms with Gasteiger partial charge in [0, 0.05) is 75.4 Å². The Hall–Kier alpha value is -6.36. The summed E-state index contributed by atoms with van der Waals surface area (Å²) in [5.74, 6) is 1.68. The molecule has 1 fully saturated rings. The first-order valence-electron chi connectivity index (χ1n) is 24.9. The van der Waals surface area contributed by atoms with Crippen molar-refractivity contribution in [2.75, 3.05) is 159 Å². The summed E-state index contributed by atoms with van der Waals surface area (Å²) in [6, 6.07) is 28.3. The molecule has 5 aromatic carbocycles. The molecule has 4 aliphatic rings. The van der Waals surface area contributed by atoms with E-state index in [1.807, 2.05) is 18.2 Å². The largest absolute Gasteiger partial charge is 0.490 e. The summed E-state index contributed by atoms with van der Waals surface area (Å²) in [5, 5.41) is 5.09. The summed E-state index contributed by atoms with van der Waals surface area (Å²) >= 11 is 0. The molecule has 0 aliphatic carbocycles. The smallest absolute Gasteiger partial charge is 0.261 e. The average Bonchev–Trinajstić information content (AvgIpc) is 3.37. The minimum atomic E-state index is -0.313. The Morgan fingerprint density at radius 2 is 1.15 bits per heavy atom. The van der Waals surface area contributed by atoms with Gasteiger partial charge in [0.15, 0.2) is 0 Å². The van der Waals surface area contributed by atoms with Crippen LogP contribution in [0.4, 0.5) is 22.7 Å². The zero-order chi connectivity index (χ0) is 49.4. The van der Waals surface area contributed by atoms with Crippen LogP contribution in [0, 0.1) is 13.8 Å². The number of nitrogens with one attached hydrogen (secondary N) is 1. The molecular formula is C56H71N5O10. The van der Waals surface area contributed by atoms with Crippen LogP contribution in [-0.2, 0) is 30.1 Å². The maximum Gasteiger partial charge on any atom is 0.261 e. The number of fused-ring (bicyclic) bond motifs is 20. The highest BCUT2D eigenvalue weighted by Gasteiger charge is 2.32. The van der Waals surface area contributed by atoms with Gasteiger partial charge in [-0.2, -0.15) is 0 Å². The lowest BCUT2D eigenvalue weighted by molar-refractivity contribution is 0.0435. The molecule has 15 heteroatoms. The Morgan fingerprint density at radius 3 is 1.72 bits per heavy atom. The first kappa shape index (κ1) is 51.0. The molecular weight excluding hydrogens is 903 g/mol. The maximum atomic E-state index is 13.4. The number of hydrogen-bond donors (Lipinski definition) is 1. The van der Waals surface area contributed by atoms with Gasteiger partial charge in [-0.3, -0.25) is 14.5 Å². The number of nitrogens with zero attached hydrogens (tertiary/aromatic N) is 4. The van der Waals surface area contributed by atoms with Crippen molar-refractivity contribution in [3.05, 3.63) is 125 Å². The van der Waals surface area contributed by atoms with E-state index in [1.165, 1.54) is 4.90 Å². The van der Waals surface area contributed by atoms with Crippen molar-refractivity contribution >= 4 is 45.3 Å². The second kappa shape index (κ2) is 25.7. The number of imide groups is 1. The Kier molecular flexibility index (Phi) is 18.4. The predicted molar refractivity (Wildman–Crippen MR) is 281 cm³/mol.